The van der Waals surface area contributed by atoms with Crippen LogP contribution in [0, 0.1) is 0 Å². The van der Waals surface area contributed by atoms with Gasteiger partial charge in [0, 0.05) is 18.2 Å². The number of anilines is 1. The number of hydrogen-bond acceptors (Lipinski definition) is 4. The maximum Gasteiger partial charge on any atom is 0.416 e. The summed E-state index contributed by atoms with van der Waals surface area (Å²) in [6, 6.07) is 11.8. The van der Waals surface area contributed by atoms with E-state index in [1.165, 1.54) is 12.3 Å². The molecular formula is C18H15F3N4O3S. The number of carbonyl (C=O) groups excluding carboxylic acids is 1. The van der Waals surface area contributed by atoms with Gasteiger partial charge in [-0.1, -0.05) is 24.3 Å². The summed E-state index contributed by atoms with van der Waals surface area (Å²) in [5.41, 5.74) is -0.797. The van der Waals surface area contributed by atoms with Gasteiger partial charge in [-0.05, 0) is 29.8 Å². The van der Waals surface area contributed by atoms with Crippen molar-refractivity contribution in [1.29, 1.82) is 0 Å². The Morgan fingerprint density at radius 3 is 2.41 bits per heavy atom. The van der Waals surface area contributed by atoms with Crippen LogP contribution in [0.1, 0.15) is 21.5 Å². The Kier molecular flexibility index (Phi) is 5.59. The highest BCUT2D eigenvalue weighted by molar-refractivity contribution is 7.92. The van der Waals surface area contributed by atoms with Crippen LogP contribution in [-0.2, 0) is 22.7 Å². The molecule has 0 spiro atoms. The maximum atomic E-state index is 13.1. The number of nitrogens with zero attached hydrogens (tertiary/aromatic N) is 1. The van der Waals surface area contributed by atoms with Crippen LogP contribution >= 0.6 is 0 Å². The van der Waals surface area contributed by atoms with Gasteiger partial charge in [-0.3, -0.25) is 14.6 Å². The predicted octanol–water partition coefficient (Wildman–Crippen LogP) is 3.16. The lowest BCUT2D eigenvalue weighted by Gasteiger charge is -2.15. The van der Waals surface area contributed by atoms with E-state index in [1.807, 2.05) is 0 Å². The first-order chi connectivity index (χ1) is 13.7. The zero-order chi connectivity index (χ0) is 21.1. The number of aromatic nitrogens is 2. The molecule has 0 atom stereocenters. The number of alkyl halides is 3. The number of hydrogen-bond donors (Lipinski definition) is 3. The minimum absolute atomic E-state index is 0.00528. The molecule has 11 heteroatoms. The molecule has 3 aromatic rings. The molecule has 1 heterocycles. The Morgan fingerprint density at radius 1 is 1.07 bits per heavy atom. The van der Waals surface area contributed by atoms with Crippen LogP contribution in [0.15, 0.2) is 65.7 Å². The zero-order valence-corrected chi connectivity index (χ0v) is 15.5. The van der Waals surface area contributed by atoms with Crippen LogP contribution in [0.3, 0.4) is 0 Å². The monoisotopic (exact) mass is 424 g/mol. The molecule has 0 bridgehead atoms. The predicted molar refractivity (Wildman–Crippen MR) is 98.5 cm³/mol. The van der Waals surface area contributed by atoms with Gasteiger partial charge >= 0.3 is 6.18 Å². The number of nitrogens with one attached hydrogen (secondary N) is 3. The first-order valence-electron chi connectivity index (χ1n) is 8.22. The fourth-order valence-electron chi connectivity index (χ4n) is 2.51. The fraction of sp³-hybridized carbons (Fsp3) is 0.111. The molecule has 0 radical (unpaired) electrons. The van der Waals surface area contributed by atoms with Gasteiger partial charge in [-0.25, -0.2) is 8.42 Å². The highest BCUT2D eigenvalue weighted by atomic mass is 32.2. The van der Waals surface area contributed by atoms with E-state index in [4.69, 9.17) is 0 Å². The molecule has 0 aliphatic carbocycles. The van der Waals surface area contributed by atoms with Gasteiger partial charge in [0.1, 0.15) is 5.82 Å². The molecule has 1 aromatic heterocycles. The van der Waals surface area contributed by atoms with Gasteiger partial charge < -0.3 is 5.32 Å². The minimum Gasteiger partial charge on any atom is -0.348 e. The van der Waals surface area contributed by atoms with Gasteiger partial charge in [0.05, 0.1) is 16.7 Å². The normalized spacial score (nSPS) is 11.8. The molecule has 152 valence electrons. The summed E-state index contributed by atoms with van der Waals surface area (Å²) >= 11 is 0. The van der Waals surface area contributed by atoms with Crippen molar-refractivity contribution >= 4 is 21.7 Å². The number of benzene rings is 2. The van der Waals surface area contributed by atoms with Crippen molar-refractivity contribution in [2.24, 2.45) is 0 Å². The topological polar surface area (TPSA) is 104 Å². The smallest absolute Gasteiger partial charge is 0.348 e. The van der Waals surface area contributed by atoms with E-state index < -0.39 is 32.6 Å². The second-order valence-corrected chi connectivity index (χ2v) is 7.60. The summed E-state index contributed by atoms with van der Waals surface area (Å²) in [7, 11) is -4.38. The highest BCUT2D eigenvalue weighted by Crippen LogP contribution is 2.32. The summed E-state index contributed by atoms with van der Waals surface area (Å²) in [4.78, 5) is 11.6. The minimum atomic E-state index is -4.73. The lowest BCUT2D eigenvalue weighted by Crippen LogP contribution is -2.25. The number of H-pyrrole nitrogens is 1. The summed E-state index contributed by atoms with van der Waals surface area (Å²) in [6.45, 7) is -0.287. The second-order valence-electron chi connectivity index (χ2n) is 5.94. The fourth-order valence-corrected chi connectivity index (χ4v) is 3.79. The lowest BCUT2D eigenvalue weighted by molar-refractivity contribution is -0.137. The van der Waals surface area contributed by atoms with Gasteiger partial charge in [0.25, 0.3) is 15.9 Å². The second kappa shape index (κ2) is 7.95. The van der Waals surface area contributed by atoms with Crippen LogP contribution in [0.2, 0.25) is 0 Å². The number of aromatic amines is 1. The van der Waals surface area contributed by atoms with E-state index in [1.54, 1.807) is 30.3 Å². The molecule has 3 rings (SSSR count). The molecule has 0 saturated heterocycles. The Morgan fingerprint density at radius 2 is 1.79 bits per heavy atom. The summed E-state index contributed by atoms with van der Waals surface area (Å²) in [6.07, 6.45) is -3.45. The summed E-state index contributed by atoms with van der Waals surface area (Å²) in [5, 5.41) is 8.46. The molecule has 1 amide bonds. The number of rotatable bonds is 6. The maximum absolute atomic E-state index is 13.1. The zero-order valence-electron chi connectivity index (χ0n) is 14.7. The van der Waals surface area contributed by atoms with Crippen molar-refractivity contribution in [3.8, 4) is 0 Å². The van der Waals surface area contributed by atoms with Gasteiger partial charge in [0.2, 0.25) is 0 Å². The van der Waals surface area contributed by atoms with Crippen LogP contribution < -0.4 is 10.0 Å². The Bertz CT molecular complexity index is 1100. The number of amides is 1. The largest absolute Gasteiger partial charge is 0.416 e. The van der Waals surface area contributed by atoms with Crippen LogP contribution in [0.25, 0.3) is 0 Å². The van der Waals surface area contributed by atoms with Crippen molar-refractivity contribution in [2.75, 3.05) is 4.72 Å². The molecule has 0 aliphatic rings. The summed E-state index contributed by atoms with van der Waals surface area (Å²) < 4.78 is 66.8. The van der Waals surface area contributed by atoms with Gasteiger partial charge in [0.15, 0.2) is 0 Å². The third-order valence-electron chi connectivity index (χ3n) is 3.90. The van der Waals surface area contributed by atoms with E-state index >= 15 is 0 Å². The van der Waals surface area contributed by atoms with E-state index in [0.717, 1.165) is 12.1 Å². The van der Waals surface area contributed by atoms with E-state index in [2.05, 4.69) is 20.2 Å². The van der Waals surface area contributed by atoms with Gasteiger partial charge in [-0.15, -0.1) is 0 Å². The summed E-state index contributed by atoms with van der Waals surface area (Å²) in [5.74, 6) is -0.503. The van der Waals surface area contributed by atoms with Crippen LogP contribution in [0.4, 0.5) is 19.0 Å². The van der Waals surface area contributed by atoms with E-state index in [9.17, 15) is 26.4 Å². The third kappa shape index (κ3) is 4.93. The van der Waals surface area contributed by atoms with Crippen molar-refractivity contribution in [1.82, 2.24) is 15.5 Å². The molecule has 2 aromatic carbocycles. The molecule has 29 heavy (non-hydrogen) atoms. The molecule has 0 saturated carbocycles. The van der Waals surface area contributed by atoms with E-state index in [0.29, 0.717) is 11.6 Å². The molecule has 0 unspecified atom stereocenters. The average molecular weight is 424 g/mol. The van der Waals surface area contributed by atoms with Gasteiger partial charge in [-0.2, -0.15) is 18.3 Å². The number of halogens is 3. The molecular weight excluding hydrogens is 409 g/mol. The Hall–Kier alpha value is -3.34. The molecule has 0 aliphatic heterocycles. The molecule has 0 fully saturated rings. The average Bonchev–Trinajstić information content (AvgIpc) is 3.18. The molecule has 7 nitrogen and oxygen atoms in total. The Balaban J connectivity index is 1.92. The van der Waals surface area contributed by atoms with Crippen molar-refractivity contribution in [3.63, 3.8) is 0 Å². The highest BCUT2D eigenvalue weighted by Gasteiger charge is 2.33. The van der Waals surface area contributed by atoms with Crippen LogP contribution in [-0.4, -0.2) is 24.5 Å². The molecule has 3 N–H and O–H groups in total. The SMILES string of the molecule is O=C(NCc1ccc(C(F)(F)F)cc1S(=O)(=O)Nc1ccn[nH]1)c1ccccc1. The van der Waals surface area contributed by atoms with Crippen LogP contribution in [0.5, 0.6) is 0 Å². The first kappa shape index (κ1) is 20.4. The lowest BCUT2D eigenvalue weighted by atomic mass is 10.1. The quantitative estimate of drug-likeness (QED) is 0.565. The number of sulfonamides is 1. The number of carbonyl (C=O) groups is 1. The van der Waals surface area contributed by atoms with E-state index in [-0.39, 0.29) is 17.9 Å². The standard InChI is InChI=1S/C18H15F3N4O3S/c19-18(20,21)14-7-6-13(11-22-17(26)12-4-2-1-3-5-12)15(10-14)29(27,28)25-16-8-9-23-24-16/h1-10H,11H2,(H,22,26)(H2,23,24,25). The Labute approximate surface area is 164 Å². The van der Waals surface area contributed by atoms with Crippen molar-refractivity contribution < 1.29 is 26.4 Å². The third-order valence-corrected chi connectivity index (χ3v) is 5.35. The van der Waals surface area contributed by atoms with Crippen molar-refractivity contribution in [2.45, 2.75) is 17.6 Å². The van der Waals surface area contributed by atoms with Crippen molar-refractivity contribution in [3.05, 3.63) is 77.5 Å². The first-order valence-corrected chi connectivity index (χ1v) is 9.71.